The van der Waals surface area contributed by atoms with Gasteiger partial charge in [-0.1, -0.05) is 0 Å². The summed E-state index contributed by atoms with van der Waals surface area (Å²) in [6.45, 7) is 0.674. The molecule has 1 rings (SSSR count). The maximum atomic E-state index is 12.0. The highest BCUT2D eigenvalue weighted by Gasteiger charge is 2.35. The molecule has 2 atom stereocenters. The minimum Gasteiger partial charge on any atom is -0.391 e. The molecule has 0 unspecified atom stereocenters. The van der Waals surface area contributed by atoms with Crippen LogP contribution in [0.25, 0.3) is 0 Å². The quantitative estimate of drug-likeness (QED) is 0.577. The summed E-state index contributed by atoms with van der Waals surface area (Å²) in [6, 6.07) is 0. The van der Waals surface area contributed by atoms with Crippen LogP contribution in [0.15, 0.2) is 0 Å². The standard InChI is InChI=1S/C6H11F2NO/c1-9-2-4(6(7)8)5(10)3-9/h4-6,10H,2-3H2,1H3/t4-,5+/m0/s1. The van der Waals surface area contributed by atoms with E-state index >= 15 is 0 Å². The number of hydrogen-bond donors (Lipinski definition) is 1. The van der Waals surface area contributed by atoms with Crippen molar-refractivity contribution in [2.45, 2.75) is 12.5 Å². The van der Waals surface area contributed by atoms with E-state index in [9.17, 15) is 8.78 Å². The lowest BCUT2D eigenvalue weighted by molar-refractivity contribution is 0.0202. The highest BCUT2D eigenvalue weighted by Crippen LogP contribution is 2.21. The lowest BCUT2D eigenvalue weighted by Crippen LogP contribution is -2.24. The fraction of sp³-hybridized carbons (Fsp3) is 1.00. The van der Waals surface area contributed by atoms with Gasteiger partial charge in [0.05, 0.1) is 12.0 Å². The van der Waals surface area contributed by atoms with Crippen LogP contribution in [-0.4, -0.2) is 42.7 Å². The molecule has 1 aliphatic rings. The Balaban J connectivity index is 2.46. The normalized spacial score (nSPS) is 35.7. The molecule has 0 aromatic rings. The van der Waals surface area contributed by atoms with Gasteiger partial charge in [0, 0.05) is 13.1 Å². The first-order valence-electron chi connectivity index (χ1n) is 3.26. The Kier molecular flexibility index (Phi) is 2.21. The van der Waals surface area contributed by atoms with Crippen LogP contribution in [-0.2, 0) is 0 Å². The van der Waals surface area contributed by atoms with E-state index in [-0.39, 0.29) is 0 Å². The minimum atomic E-state index is -2.39. The van der Waals surface area contributed by atoms with Gasteiger partial charge in [0.15, 0.2) is 0 Å². The van der Waals surface area contributed by atoms with Gasteiger partial charge in [0.25, 0.3) is 0 Å². The summed E-state index contributed by atoms with van der Waals surface area (Å²) in [6.07, 6.45) is -3.23. The zero-order valence-corrected chi connectivity index (χ0v) is 5.80. The van der Waals surface area contributed by atoms with Gasteiger partial charge in [0.2, 0.25) is 6.43 Å². The van der Waals surface area contributed by atoms with Gasteiger partial charge in [-0.3, -0.25) is 0 Å². The molecule has 0 aromatic heterocycles. The predicted octanol–water partition coefficient (Wildman–Crippen LogP) is 0.174. The molecule has 60 valence electrons. The molecule has 2 nitrogen and oxygen atoms in total. The molecule has 1 N–H and O–H groups in total. The molecular weight excluding hydrogens is 140 g/mol. The number of rotatable bonds is 1. The number of hydrogen-bond acceptors (Lipinski definition) is 2. The van der Waals surface area contributed by atoms with Gasteiger partial charge >= 0.3 is 0 Å². The van der Waals surface area contributed by atoms with Crippen LogP contribution in [0.4, 0.5) is 8.78 Å². The minimum absolute atomic E-state index is 0.304. The molecule has 0 spiro atoms. The third-order valence-corrected chi connectivity index (χ3v) is 1.84. The number of aliphatic hydroxyl groups is 1. The highest BCUT2D eigenvalue weighted by molar-refractivity contribution is 4.82. The van der Waals surface area contributed by atoms with Crippen molar-refractivity contribution >= 4 is 0 Å². The summed E-state index contributed by atoms with van der Waals surface area (Å²) in [4.78, 5) is 1.71. The molecule has 0 aliphatic carbocycles. The van der Waals surface area contributed by atoms with Crippen LogP contribution >= 0.6 is 0 Å². The topological polar surface area (TPSA) is 23.5 Å². The first-order valence-corrected chi connectivity index (χ1v) is 3.26. The summed E-state index contributed by atoms with van der Waals surface area (Å²) in [7, 11) is 1.73. The second kappa shape index (κ2) is 2.80. The zero-order chi connectivity index (χ0) is 7.72. The number of alkyl halides is 2. The largest absolute Gasteiger partial charge is 0.391 e. The molecule has 0 aromatic carbocycles. The summed E-state index contributed by atoms with van der Waals surface area (Å²) in [5.41, 5.74) is 0. The van der Waals surface area contributed by atoms with Crippen LogP contribution < -0.4 is 0 Å². The Bertz CT molecular complexity index is 120. The lowest BCUT2D eigenvalue weighted by Gasteiger charge is -2.10. The van der Waals surface area contributed by atoms with E-state index in [1.807, 2.05) is 0 Å². The number of aliphatic hydroxyl groups excluding tert-OH is 1. The molecule has 10 heavy (non-hydrogen) atoms. The van der Waals surface area contributed by atoms with E-state index in [1.54, 1.807) is 11.9 Å². The summed E-state index contributed by atoms with van der Waals surface area (Å²) >= 11 is 0. The summed E-state index contributed by atoms with van der Waals surface area (Å²) in [5, 5.41) is 9.01. The van der Waals surface area contributed by atoms with E-state index in [2.05, 4.69) is 0 Å². The fourth-order valence-corrected chi connectivity index (χ4v) is 1.26. The van der Waals surface area contributed by atoms with Crippen molar-refractivity contribution in [1.82, 2.24) is 4.90 Å². The lowest BCUT2D eigenvalue weighted by atomic mass is 10.1. The third kappa shape index (κ3) is 1.44. The van der Waals surface area contributed by atoms with Crippen LogP contribution in [0.1, 0.15) is 0 Å². The number of β-amino-alcohol motifs (C(OH)–C–C–N with tert-alkyl or cyclic N) is 1. The predicted molar refractivity (Wildman–Crippen MR) is 33.0 cm³/mol. The van der Waals surface area contributed by atoms with E-state index in [4.69, 9.17) is 5.11 Å². The van der Waals surface area contributed by atoms with Crippen LogP contribution in [0.5, 0.6) is 0 Å². The monoisotopic (exact) mass is 151 g/mol. The third-order valence-electron chi connectivity index (χ3n) is 1.84. The number of halogens is 2. The van der Waals surface area contributed by atoms with Gasteiger partial charge in [-0.25, -0.2) is 8.78 Å². The first kappa shape index (κ1) is 7.88. The number of nitrogens with zero attached hydrogens (tertiary/aromatic N) is 1. The zero-order valence-electron chi connectivity index (χ0n) is 5.80. The van der Waals surface area contributed by atoms with Crippen molar-refractivity contribution in [3.05, 3.63) is 0 Å². The molecule has 1 saturated heterocycles. The highest BCUT2D eigenvalue weighted by atomic mass is 19.3. The second-order valence-electron chi connectivity index (χ2n) is 2.79. The molecule has 4 heteroatoms. The maximum Gasteiger partial charge on any atom is 0.245 e. The van der Waals surface area contributed by atoms with Gasteiger partial charge in [-0.05, 0) is 7.05 Å². The molecule has 0 amide bonds. The van der Waals surface area contributed by atoms with E-state index in [0.717, 1.165) is 0 Å². The maximum absolute atomic E-state index is 12.0. The number of likely N-dealkylation sites (tertiary alicyclic amines) is 1. The van der Waals surface area contributed by atoms with E-state index in [0.29, 0.717) is 13.1 Å². The van der Waals surface area contributed by atoms with Crippen molar-refractivity contribution in [2.75, 3.05) is 20.1 Å². The van der Waals surface area contributed by atoms with Crippen molar-refractivity contribution in [2.24, 2.45) is 5.92 Å². The average Bonchev–Trinajstić information content (AvgIpc) is 2.10. The first-order chi connectivity index (χ1) is 4.61. The Morgan fingerprint density at radius 2 is 2.10 bits per heavy atom. The van der Waals surface area contributed by atoms with Crippen molar-refractivity contribution in [1.29, 1.82) is 0 Å². The van der Waals surface area contributed by atoms with Crippen molar-refractivity contribution in [3.8, 4) is 0 Å². The van der Waals surface area contributed by atoms with E-state index < -0.39 is 18.4 Å². The summed E-state index contributed by atoms with van der Waals surface area (Å²) < 4.78 is 24.0. The number of likely N-dealkylation sites (N-methyl/N-ethyl adjacent to an activating group) is 1. The van der Waals surface area contributed by atoms with Crippen LogP contribution in [0.2, 0.25) is 0 Å². The van der Waals surface area contributed by atoms with Gasteiger partial charge in [0.1, 0.15) is 0 Å². The Labute approximate surface area is 58.4 Å². The molecule has 0 bridgehead atoms. The smallest absolute Gasteiger partial charge is 0.245 e. The van der Waals surface area contributed by atoms with Gasteiger partial charge < -0.3 is 10.0 Å². The van der Waals surface area contributed by atoms with Crippen molar-refractivity contribution < 1.29 is 13.9 Å². The fourth-order valence-electron chi connectivity index (χ4n) is 1.26. The van der Waals surface area contributed by atoms with Crippen molar-refractivity contribution in [3.63, 3.8) is 0 Å². The van der Waals surface area contributed by atoms with Crippen LogP contribution in [0.3, 0.4) is 0 Å². The van der Waals surface area contributed by atoms with Crippen LogP contribution in [0, 0.1) is 5.92 Å². The molecule has 0 radical (unpaired) electrons. The molecular formula is C6H11F2NO. The Morgan fingerprint density at radius 3 is 2.30 bits per heavy atom. The van der Waals surface area contributed by atoms with Gasteiger partial charge in [-0.15, -0.1) is 0 Å². The molecule has 1 heterocycles. The molecule has 1 aliphatic heterocycles. The molecule has 0 saturated carbocycles. The Morgan fingerprint density at radius 1 is 1.50 bits per heavy atom. The second-order valence-corrected chi connectivity index (χ2v) is 2.79. The van der Waals surface area contributed by atoms with Gasteiger partial charge in [-0.2, -0.15) is 0 Å². The summed E-state index contributed by atoms with van der Waals surface area (Å²) in [5.74, 6) is -0.843. The Hall–Kier alpha value is -0.220. The SMILES string of the molecule is CN1C[C@@H](O)[C@@H](C(F)F)C1. The average molecular weight is 151 g/mol. The molecule has 1 fully saturated rings. The van der Waals surface area contributed by atoms with E-state index in [1.165, 1.54) is 0 Å².